The van der Waals surface area contributed by atoms with Crippen LogP contribution in [0.2, 0.25) is 0 Å². The van der Waals surface area contributed by atoms with Crippen LogP contribution in [0.3, 0.4) is 0 Å². The summed E-state index contributed by atoms with van der Waals surface area (Å²) in [5.41, 5.74) is 3.81. The monoisotopic (exact) mass is 356 g/mol. The molecule has 0 aliphatic rings. The van der Waals surface area contributed by atoms with Crippen molar-refractivity contribution in [2.75, 3.05) is 0 Å². The predicted molar refractivity (Wildman–Crippen MR) is 99.2 cm³/mol. The van der Waals surface area contributed by atoms with E-state index in [9.17, 15) is 13.2 Å². The van der Waals surface area contributed by atoms with Gasteiger partial charge in [0.15, 0.2) is 0 Å². The highest BCUT2D eigenvalue weighted by atomic mass is 32.2. The van der Waals surface area contributed by atoms with Crippen molar-refractivity contribution in [3.63, 3.8) is 0 Å². The molecule has 3 aromatic rings. The third-order valence-corrected chi connectivity index (χ3v) is 5.54. The zero-order chi connectivity index (χ0) is 18.2. The fourth-order valence-corrected chi connectivity index (χ4v) is 4.00. The van der Waals surface area contributed by atoms with Gasteiger partial charge in [0, 0.05) is 23.0 Å². The zero-order valence-electron chi connectivity index (χ0n) is 14.4. The molecule has 0 aliphatic carbocycles. The summed E-state index contributed by atoms with van der Waals surface area (Å²) >= 11 is 0. The molecule has 2 aromatic carbocycles. The van der Waals surface area contributed by atoms with Crippen molar-refractivity contribution in [3.8, 4) is 0 Å². The number of nitrogens with one attached hydrogen (secondary N) is 2. The molecular weight excluding hydrogens is 336 g/mol. The maximum absolute atomic E-state index is 12.4. The number of hydrogen-bond donors (Lipinski definition) is 2. The van der Waals surface area contributed by atoms with Crippen LogP contribution in [0.15, 0.2) is 52.2 Å². The van der Waals surface area contributed by atoms with Gasteiger partial charge in [-0.15, -0.1) is 0 Å². The van der Waals surface area contributed by atoms with Crippen molar-refractivity contribution >= 4 is 20.9 Å². The first-order valence-electron chi connectivity index (χ1n) is 7.96. The van der Waals surface area contributed by atoms with Crippen LogP contribution in [0.5, 0.6) is 0 Å². The normalized spacial score (nSPS) is 11.8. The minimum atomic E-state index is -3.67. The lowest BCUT2D eigenvalue weighted by molar-refractivity contribution is 0.581. The molecule has 2 N–H and O–H groups in total. The molecule has 0 spiro atoms. The predicted octanol–water partition coefficient (Wildman–Crippen LogP) is 2.93. The topological polar surface area (TPSA) is 79.0 Å². The Labute approximate surface area is 146 Å². The van der Waals surface area contributed by atoms with Crippen LogP contribution in [0.1, 0.15) is 22.3 Å². The van der Waals surface area contributed by atoms with Crippen LogP contribution in [0.4, 0.5) is 0 Å². The fraction of sp³-hybridized carbons (Fsp3) is 0.211. The summed E-state index contributed by atoms with van der Waals surface area (Å²) in [4.78, 5) is 15.3. The van der Waals surface area contributed by atoms with Crippen LogP contribution in [-0.2, 0) is 16.6 Å². The Hall–Kier alpha value is -2.44. The molecule has 0 unspecified atom stereocenters. The van der Waals surface area contributed by atoms with Crippen molar-refractivity contribution in [3.05, 3.63) is 75.1 Å². The third kappa shape index (κ3) is 3.65. The highest BCUT2D eigenvalue weighted by Crippen LogP contribution is 2.18. The maximum atomic E-state index is 12.4. The highest BCUT2D eigenvalue weighted by molar-refractivity contribution is 7.89. The Bertz CT molecular complexity index is 1120. The number of pyridine rings is 1. The minimum absolute atomic E-state index is 0.0606. The summed E-state index contributed by atoms with van der Waals surface area (Å²) in [5.74, 6) is 0. The molecule has 0 saturated carbocycles. The summed E-state index contributed by atoms with van der Waals surface area (Å²) in [7, 11) is -3.67. The molecule has 130 valence electrons. The van der Waals surface area contributed by atoms with Gasteiger partial charge in [-0.1, -0.05) is 18.2 Å². The molecule has 1 aromatic heterocycles. The molecule has 0 amide bonds. The van der Waals surface area contributed by atoms with Crippen LogP contribution < -0.4 is 10.3 Å². The first-order valence-corrected chi connectivity index (χ1v) is 9.44. The molecule has 0 bridgehead atoms. The second kappa shape index (κ2) is 6.46. The Morgan fingerprint density at radius 1 is 1.00 bits per heavy atom. The summed E-state index contributed by atoms with van der Waals surface area (Å²) in [6.45, 7) is 5.70. The minimum Gasteiger partial charge on any atom is -0.322 e. The van der Waals surface area contributed by atoms with Gasteiger partial charge in [-0.3, -0.25) is 4.79 Å². The second-order valence-electron chi connectivity index (χ2n) is 6.31. The van der Waals surface area contributed by atoms with Gasteiger partial charge in [0.2, 0.25) is 10.0 Å². The molecule has 0 saturated heterocycles. The molecule has 0 aliphatic heterocycles. The lowest BCUT2D eigenvalue weighted by Crippen LogP contribution is -2.27. The van der Waals surface area contributed by atoms with Crippen LogP contribution in [0.25, 0.3) is 10.9 Å². The quantitative estimate of drug-likeness (QED) is 0.754. The number of H-pyrrole nitrogens is 1. The molecule has 3 rings (SSSR count). The average Bonchev–Trinajstić information content (AvgIpc) is 2.53. The van der Waals surface area contributed by atoms with Crippen molar-refractivity contribution in [2.24, 2.45) is 0 Å². The number of hydrogen-bond acceptors (Lipinski definition) is 3. The van der Waals surface area contributed by atoms with Gasteiger partial charge in [0.25, 0.3) is 5.56 Å². The molecule has 0 radical (unpaired) electrons. The van der Waals surface area contributed by atoms with E-state index in [1.54, 1.807) is 18.2 Å². The standard InChI is InChI=1S/C19H20N2O3S/c1-12-5-4-6-16(8-12)25(23,24)20-11-15-10-17-14(3)7-13(2)9-18(17)21-19(15)22/h4-10,20H,11H2,1-3H3,(H,21,22). The van der Waals surface area contributed by atoms with Crippen LogP contribution in [-0.4, -0.2) is 13.4 Å². The number of aryl methyl sites for hydroxylation is 3. The smallest absolute Gasteiger partial charge is 0.252 e. The van der Waals surface area contributed by atoms with E-state index < -0.39 is 10.0 Å². The first kappa shape index (κ1) is 17.4. The van der Waals surface area contributed by atoms with E-state index in [0.717, 1.165) is 27.6 Å². The lowest BCUT2D eigenvalue weighted by Gasteiger charge is -2.09. The SMILES string of the molecule is Cc1cccc(S(=O)(=O)NCc2cc3c(C)cc(C)cc3[nH]c2=O)c1. The Morgan fingerprint density at radius 3 is 2.48 bits per heavy atom. The van der Waals surface area contributed by atoms with Gasteiger partial charge < -0.3 is 4.98 Å². The fourth-order valence-electron chi connectivity index (χ4n) is 2.89. The summed E-state index contributed by atoms with van der Waals surface area (Å²) in [6, 6.07) is 12.3. The molecule has 5 nitrogen and oxygen atoms in total. The average molecular weight is 356 g/mol. The third-order valence-electron chi connectivity index (χ3n) is 4.14. The van der Waals surface area contributed by atoms with Gasteiger partial charge in [-0.2, -0.15) is 0 Å². The summed E-state index contributed by atoms with van der Waals surface area (Å²) in [6.07, 6.45) is 0. The Balaban J connectivity index is 1.93. The van der Waals surface area contributed by atoms with Gasteiger partial charge in [0.05, 0.1) is 4.90 Å². The van der Waals surface area contributed by atoms with E-state index in [0.29, 0.717) is 5.56 Å². The second-order valence-corrected chi connectivity index (χ2v) is 8.07. The van der Waals surface area contributed by atoms with Crippen molar-refractivity contribution in [1.82, 2.24) is 9.71 Å². The highest BCUT2D eigenvalue weighted by Gasteiger charge is 2.15. The largest absolute Gasteiger partial charge is 0.322 e. The van der Waals surface area contributed by atoms with E-state index in [-0.39, 0.29) is 17.0 Å². The van der Waals surface area contributed by atoms with E-state index in [4.69, 9.17) is 0 Å². The number of aromatic nitrogens is 1. The molecule has 0 atom stereocenters. The van der Waals surface area contributed by atoms with Gasteiger partial charge in [0.1, 0.15) is 0 Å². The van der Waals surface area contributed by atoms with Crippen molar-refractivity contribution < 1.29 is 8.42 Å². The first-order chi connectivity index (χ1) is 11.8. The summed E-state index contributed by atoms with van der Waals surface area (Å²) in [5, 5.41) is 0.912. The Kier molecular flexibility index (Phi) is 4.49. The molecule has 0 fully saturated rings. The number of aromatic amines is 1. The van der Waals surface area contributed by atoms with Gasteiger partial charge in [-0.05, 0) is 61.7 Å². The van der Waals surface area contributed by atoms with Crippen LogP contribution >= 0.6 is 0 Å². The molecule has 6 heteroatoms. The lowest BCUT2D eigenvalue weighted by atomic mass is 10.0. The van der Waals surface area contributed by atoms with E-state index in [2.05, 4.69) is 9.71 Å². The van der Waals surface area contributed by atoms with Crippen molar-refractivity contribution in [1.29, 1.82) is 0 Å². The molecule has 25 heavy (non-hydrogen) atoms. The van der Waals surface area contributed by atoms with Gasteiger partial charge in [-0.25, -0.2) is 13.1 Å². The molecule has 1 heterocycles. The summed E-state index contributed by atoms with van der Waals surface area (Å²) < 4.78 is 27.3. The number of sulfonamides is 1. The van der Waals surface area contributed by atoms with E-state index >= 15 is 0 Å². The zero-order valence-corrected chi connectivity index (χ0v) is 15.2. The number of rotatable bonds is 4. The maximum Gasteiger partial charge on any atom is 0.252 e. The Morgan fingerprint density at radius 2 is 1.76 bits per heavy atom. The van der Waals surface area contributed by atoms with E-state index in [1.165, 1.54) is 6.07 Å². The van der Waals surface area contributed by atoms with E-state index in [1.807, 2.05) is 39.0 Å². The van der Waals surface area contributed by atoms with Crippen LogP contribution in [0, 0.1) is 20.8 Å². The van der Waals surface area contributed by atoms with Crippen molar-refractivity contribution in [2.45, 2.75) is 32.2 Å². The van der Waals surface area contributed by atoms with Gasteiger partial charge >= 0.3 is 0 Å². The number of benzene rings is 2. The molecular formula is C19H20N2O3S. The number of fused-ring (bicyclic) bond motifs is 1.